The van der Waals surface area contributed by atoms with Crippen molar-refractivity contribution in [1.82, 2.24) is 0 Å². The molecule has 0 saturated carbocycles. The third-order valence-electron chi connectivity index (χ3n) is 2.22. The van der Waals surface area contributed by atoms with Gasteiger partial charge in [0.25, 0.3) is 0 Å². The van der Waals surface area contributed by atoms with Crippen LogP contribution in [0.2, 0.25) is 5.02 Å². The highest BCUT2D eigenvalue weighted by Crippen LogP contribution is 2.23. The van der Waals surface area contributed by atoms with E-state index in [1.54, 1.807) is 0 Å². The van der Waals surface area contributed by atoms with Crippen LogP contribution in [0.15, 0.2) is 18.2 Å². The summed E-state index contributed by atoms with van der Waals surface area (Å²) in [6.07, 6.45) is -1.74. The molecule has 4 nitrogen and oxygen atoms in total. The van der Waals surface area contributed by atoms with Gasteiger partial charge in [0.15, 0.2) is 0 Å². The minimum atomic E-state index is -1.07. The predicted octanol–water partition coefficient (Wildman–Crippen LogP) is 0.955. The molecule has 0 saturated heterocycles. The summed E-state index contributed by atoms with van der Waals surface area (Å²) in [6, 6.07) is 6.44. The van der Waals surface area contributed by atoms with Crippen LogP contribution in [0.4, 0.5) is 0 Å². The van der Waals surface area contributed by atoms with Crippen LogP contribution in [0.1, 0.15) is 23.7 Å². The first-order chi connectivity index (χ1) is 7.58. The molecule has 86 valence electrons. The van der Waals surface area contributed by atoms with Gasteiger partial charge in [-0.05, 0) is 36.7 Å². The molecule has 1 aromatic rings. The number of rotatable bonds is 4. The Hall–Kier alpha value is -1.12. The molecule has 0 radical (unpaired) electrons. The minimum Gasteiger partial charge on any atom is -0.390 e. The number of nitrogens with zero attached hydrogens (tertiary/aromatic N) is 1. The van der Waals surface area contributed by atoms with Crippen LogP contribution in [0.5, 0.6) is 0 Å². The molecule has 5 heteroatoms. The van der Waals surface area contributed by atoms with E-state index in [1.165, 1.54) is 18.2 Å². The Morgan fingerprint density at radius 3 is 2.62 bits per heavy atom. The normalized spacial score (nSPS) is 14.2. The number of aliphatic hydroxyl groups is 2. The number of aliphatic hydroxyl groups excluding tert-OH is 2. The second kappa shape index (κ2) is 5.83. The average molecular weight is 241 g/mol. The fraction of sp³-hybridized carbons (Fsp3) is 0.364. The summed E-state index contributed by atoms with van der Waals surface area (Å²) in [5.41, 5.74) is 6.05. The number of hydrogen-bond donors (Lipinski definition) is 3. The zero-order valence-electron chi connectivity index (χ0n) is 8.60. The van der Waals surface area contributed by atoms with E-state index in [9.17, 15) is 10.2 Å². The highest BCUT2D eigenvalue weighted by Gasteiger charge is 2.18. The lowest BCUT2D eigenvalue weighted by atomic mass is 10.0. The fourth-order valence-electron chi connectivity index (χ4n) is 1.40. The summed E-state index contributed by atoms with van der Waals surface area (Å²) in [4.78, 5) is 0. The van der Waals surface area contributed by atoms with E-state index in [-0.39, 0.29) is 13.0 Å². The Kier molecular flexibility index (Phi) is 4.71. The Morgan fingerprint density at radius 1 is 1.38 bits per heavy atom. The summed E-state index contributed by atoms with van der Waals surface area (Å²) >= 11 is 5.79. The van der Waals surface area contributed by atoms with Gasteiger partial charge >= 0.3 is 0 Å². The Bertz CT molecular complexity index is 403. The van der Waals surface area contributed by atoms with Crippen molar-refractivity contribution >= 4 is 11.6 Å². The predicted molar refractivity (Wildman–Crippen MR) is 60.8 cm³/mol. The van der Waals surface area contributed by atoms with Crippen LogP contribution >= 0.6 is 11.6 Å². The Balaban J connectivity index is 2.95. The molecule has 2 unspecified atom stereocenters. The third kappa shape index (κ3) is 3.19. The van der Waals surface area contributed by atoms with E-state index in [0.717, 1.165) is 0 Å². The van der Waals surface area contributed by atoms with E-state index >= 15 is 0 Å². The zero-order chi connectivity index (χ0) is 12.1. The average Bonchev–Trinajstić information content (AvgIpc) is 2.27. The molecule has 0 aliphatic rings. The molecule has 0 amide bonds. The molecule has 0 bridgehead atoms. The third-order valence-corrected chi connectivity index (χ3v) is 2.44. The van der Waals surface area contributed by atoms with E-state index in [0.29, 0.717) is 16.1 Å². The van der Waals surface area contributed by atoms with Crippen molar-refractivity contribution < 1.29 is 10.2 Å². The standard InChI is InChI=1S/C11H13ClN2O2/c12-9-4-7(6-14)3-8(5-9)11(16)10(15)1-2-13/h3-5,10-11,15-16H,1-2,13H2. The SMILES string of the molecule is N#Cc1cc(Cl)cc(C(O)C(O)CCN)c1. The topological polar surface area (TPSA) is 90.3 Å². The molecular weight excluding hydrogens is 228 g/mol. The van der Waals surface area contributed by atoms with Gasteiger partial charge in [0.05, 0.1) is 17.7 Å². The van der Waals surface area contributed by atoms with E-state index in [1.807, 2.05) is 6.07 Å². The maximum absolute atomic E-state index is 9.79. The van der Waals surface area contributed by atoms with Crippen LogP contribution in [0.3, 0.4) is 0 Å². The lowest BCUT2D eigenvalue weighted by molar-refractivity contribution is 0.0150. The number of nitriles is 1. The molecular formula is C11H13ClN2O2. The van der Waals surface area contributed by atoms with Gasteiger partial charge in [-0.2, -0.15) is 5.26 Å². The van der Waals surface area contributed by atoms with Gasteiger partial charge in [0, 0.05) is 5.02 Å². The summed E-state index contributed by atoms with van der Waals surface area (Å²) in [5.74, 6) is 0. The molecule has 0 aromatic heterocycles. The van der Waals surface area contributed by atoms with Crippen molar-refractivity contribution in [3.05, 3.63) is 34.3 Å². The quantitative estimate of drug-likeness (QED) is 0.731. The van der Waals surface area contributed by atoms with Crippen LogP contribution < -0.4 is 5.73 Å². The Morgan fingerprint density at radius 2 is 2.06 bits per heavy atom. The van der Waals surface area contributed by atoms with Crippen molar-refractivity contribution in [1.29, 1.82) is 5.26 Å². The van der Waals surface area contributed by atoms with Crippen molar-refractivity contribution in [2.45, 2.75) is 18.6 Å². The van der Waals surface area contributed by atoms with Crippen molar-refractivity contribution in [3.8, 4) is 6.07 Å². The van der Waals surface area contributed by atoms with Gasteiger partial charge in [0.2, 0.25) is 0 Å². The first kappa shape index (κ1) is 12.9. The minimum absolute atomic E-state index is 0.282. The molecule has 1 aromatic carbocycles. The van der Waals surface area contributed by atoms with E-state index in [2.05, 4.69) is 0 Å². The van der Waals surface area contributed by atoms with Gasteiger partial charge < -0.3 is 15.9 Å². The fourth-order valence-corrected chi connectivity index (χ4v) is 1.64. The van der Waals surface area contributed by atoms with Gasteiger partial charge in [-0.1, -0.05) is 11.6 Å². The monoisotopic (exact) mass is 240 g/mol. The van der Waals surface area contributed by atoms with Gasteiger partial charge in [-0.3, -0.25) is 0 Å². The Labute approximate surface area is 98.9 Å². The van der Waals surface area contributed by atoms with E-state index < -0.39 is 12.2 Å². The lowest BCUT2D eigenvalue weighted by Gasteiger charge is -2.17. The number of halogens is 1. The number of benzene rings is 1. The largest absolute Gasteiger partial charge is 0.390 e. The molecule has 16 heavy (non-hydrogen) atoms. The second-order valence-corrected chi connectivity index (χ2v) is 3.91. The highest BCUT2D eigenvalue weighted by molar-refractivity contribution is 6.30. The smallest absolute Gasteiger partial charge is 0.105 e. The maximum Gasteiger partial charge on any atom is 0.105 e. The molecule has 4 N–H and O–H groups in total. The van der Waals surface area contributed by atoms with Crippen LogP contribution in [-0.2, 0) is 0 Å². The van der Waals surface area contributed by atoms with Crippen LogP contribution in [0.25, 0.3) is 0 Å². The van der Waals surface area contributed by atoms with E-state index in [4.69, 9.17) is 22.6 Å². The molecule has 0 fully saturated rings. The number of nitrogens with two attached hydrogens (primary N) is 1. The molecule has 0 heterocycles. The zero-order valence-corrected chi connectivity index (χ0v) is 9.35. The first-order valence-corrected chi connectivity index (χ1v) is 5.23. The van der Waals surface area contributed by atoms with Gasteiger partial charge in [-0.25, -0.2) is 0 Å². The maximum atomic E-state index is 9.79. The van der Waals surface area contributed by atoms with Crippen molar-refractivity contribution in [3.63, 3.8) is 0 Å². The summed E-state index contributed by atoms with van der Waals surface area (Å²) in [6.45, 7) is 0.282. The highest BCUT2D eigenvalue weighted by atomic mass is 35.5. The number of hydrogen-bond acceptors (Lipinski definition) is 4. The van der Waals surface area contributed by atoms with Gasteiger partial charge in [0.1, 0.15) is 6.10 Å². The summed E-state index contributed by atoms with van der Waals surface area (Å²) < 4.78 is 0. The molecule has 0 spiro atoms. The van der Waals surface area contributed by atoms with Crippen molar-refractivity contribution in [2.75, 3.05) is 6.54 Å². The molecule has 0 aliphatic carbocycles. The molecule has 2 atom stereocenters. The van der Waals surface area contributed by atoms with Gasteiger partial charge in [-0.15, -0.1) is 0 Å². The summed E-state index contributed by atoms with van der Waals surface area (Å²) in [5, 5.41) is 28.5. The van der Waals surface area contributed by atoms with Crippen molar-refractivity contribution in [2.24, 2.45) is 5.73 Å². The lowest BCUT2D eigenvalue weighted by Crippen LogP contribution is -2.21. The molecule has 0 aliphatic heterocycles. The first-order valence-electron chi connectivity index (χ1n) is 4.85. The second-order valence-electron chi connectivity index (χ2n) is 3.47. The van der Waals surface area contributed by atoms with Crippen LogP contribution in [-0.4, -0.2) is 22.9 Å². The molecule has 1 rings (SSSR count). The van der Waals surface area contributed by atoms with Crippen LogP contribution in [0, 0.1) is 11.3 Å². The summed E-state index contributed by atoms with van der Waals surface area (Å²) in [7, 11) is 0.